The first-order valence-electron chi connectivity index (χ1n) is 7.96. The van der Waals surface area contributed by atoms with Gasteiger partial charge in [-0.1, -0.05) is 30.3 Å². The van der Waals surface area contributed by atoms with Crippen LogP contribution >= 0.6 is 0 Å². The van der Waals surface area contributed by atoms with Crippen molar-refractivity contribution in [2.24, 2.45) is 0 Å². The summed E-state index contributed by atoms with van der Waals surface area (Å²) in [7, 11) is 1.76. The van der Waals surface area contributed by atoms with E-state index in [1.54, 1.807) is 29.0 Å². The third kappa shape index (κ3) is 1.90. The lowest BCUT2D eigenvalue weighted by molar-refractivity contribution is -0.122. The van der Waals surface area contributed by atoms with Gasteiger partial charge in [-0.05, 0) is 30.2 Å². The van der Waals surface area contributed by atoms with Crippen LogP contribution in [0, 0.1) is 5.82 Å². The van der Waals surface area contributed by atoms with Crippen molar-refractivity contribution < 1.29 is 14.0 Å². The van der Waals surface area contributed by atoms with Crippen molar-refractivity contribution in [1.29, 1.82) is 0 Å². The number of rotatable bonds is 1. The van der Waals surface area contributed by atoms with Gasteiger partial charge in [-0.25, -0.2) is 4.39 Å². The minimum absolute atomic E-state index is 0.00698. The minimum atomic E-state index is -0.702. The third-order valence-corrected chi connectivity index (χ3v) is 5.16. The van der Waals surface area contributed by atoms with Crippen LogP contribution in [0.3, 0.4) is 0 Å². The zero-order valence-corrected chi connectivity index (χ0v) is 13.3. The third-order valence-electron chi connectivity index (χ3n) is 5.16. The highest BCUT2D eigenvalue weighted by molar-refractivity contribution is 6.09. The quantitative estimate of drug-likeness (QED) is 0.809. The topological polar surface area (TPSA) is 40.6 Å². The Morgan fingerprint density at radius 3 is 2.62 bits per heavy atom. The second-order valence-electron chi connectivity index (χ2n) is 6.42. The molecule has 0 saturated carbocycles. The van der Waals surface area contributed by atoms with Gasteiger partial charge in [0.05, 0.1) is 11.0 Å². The van der Waals surface area contributed by atoms with Crippen molar-refractivity contribution in [1.82, 2.24) is 4.90 Å². The van der Waals surface area contributed by atoms with Crippen molar-refractivity contribution in [2.45, 2.75) is 11.8 Å². The number of anilines is 1. The Balaban J connectivity index is 1.69. The van der Waals surface area contributed by atoms with E-state index in [2.05, 4.69) is 0 Å². The van der Waals surface area contributed by atoms with Gasteiger partial charge in [-0.2, -0.15) is 0 Å². The smallest absolute Gasteiger partial charge is 0.256 e. The van der Waals surface area contributed by atoms with Gasteiger partial charge in [0, 0.05) is 25.8 Å². The SMILES string of the molecule is CN1C(=O)[C@@]2(CCN(C(=O)c3ccccc3F)C2)c2ccccc21. The molecule has 122 valence electrons. The molecule has 4 nitrogen and oxygen atoms in total. The molecule has 0 N–H and O–H groups in total. The maximum Gasteiger partial charge on any atom is 0.256 e. The average molecular weight is 324 g/mol. The maximum absolute atomic E-state index is 13.9. The van der Waals surface area contributed by atoms with E-state index in [0.29, 0.717) is 19.5 Å². The van der Waals surface area contributed by atoms with Crippen LogP contribution in [0.25, 0.3) is 0 Å². The summed E-state index contributed by atoms with van der Waals surface area (Å²) in [5, 5.41) is 0. The molecule has 0 radical (unpaired) electrons. The Hall–Kier alpha value is -2.69. The largest absolute Gasteiger partial charge is 0.337 e. The molecular weight excluding hydrogens is 307 g/mol. The molecule has 0 aromatic heterocycles. The normalized spacial score (nSPS) is 22.3. The number of carbonyl (C=O) groups is 2. The van der Waals surface area contributed by atoms with Gasteiger partial charge >= 0.3 is 0 Å². The van der Waals surface area contributed by atoms with E-state index in [1.165, 1.54) is 12.1 Å². The Bertz CT molecular complexity index is 851. The highest BCUT2D eigenvalue weighted by Crippen LogP contribution is 2.46. The molecule has 0 unspecified atom stereocenters. The van der Waals surface area contributed by atoms with Crippen LogP contribution in [0.15, 0.2) is 48.5 Å². The summed E-state index contributed by atoms with van der Waals surface area (Å²) < 4.78 is 13.9. The summed E-state index contributed by atoms with van der Waals surface area (Å²) in [6.07, 6.45) is 0.563. The van der Waals surface area contributed by atoms with Crippen molar-refractivity contribution in [2.75, 3.05) is 25.0 Å². The van der Waals surface area contributed by atoms with Crippen LogP contribution in [0.1, 0.15) is 22.3 Å². The van der Waals surface area contributed by atoms with Gasteiger partial charge in [0.15, 0.2) is 0 Å². The number of nitrogens with zero attached hydrogens (tertiary/aromatic N) is 2. The molecule has 2 aromatic carbocycles. The maximum atomic E-state index is 13.9. The van der Waals surface area contributed by atoms with Crippen molar-refractivity contribution in [3.05, 3.63) is 65.5 Å². The predicted molar refractivity (Wildman–Crippen MR) is 88.5 cm³/mol. The van der Waals surface area contributed by atoms with E-state index >= 15 is 0 Å². The number of halogens is 1. The molecule has 5 heteroatoms. The molecule has 2 aliphatic rings. The first kappa shape index (κ1) is 14.9. The highest BCUT2D eigenvalue weighted by Gasteiger charge is 2.54. The molecule has 2 aromatic rings. The second kappa shape index (κ2) is 5.16. The number of likely N-dealkylation sites (N-methyl/N-ethyl adjacent to an activating group) is 1. The lowest BCUT2D eigenvalue weighted by Gasteiger charge is -2.23. The van der Waals surface area contributed by atoms with Crippen molar-refractivity contribution in [3.8, 4) is 0 Å². The summed E-state index contributed by atoms with van der Waals surface area (Å²) in [4.78, 5) is 28.8. The predicted octanol–water partition coefficient (Wildman–Crippen LogP) is 2.59. The minimum Gasteiger partial charge on any atom is -0.337 e. The van der Waals surface area contributed by atoms with Crippen molar-refractivity contribution in [3.63, 3.8) is 0 Å². The Morgan fingerprint density at radius 1 is 1.12 bits per heavy atom. The van der Waals surface area contributed by atoms with Gasteiger partial charge in [0.2, 0.25) is 5.91 Å². The summed E-state index contributed by atoms with van der Waals surface area (Å²) in [5.74, 6) is -0.879. The van der Waals surface area contributed by atoms with Crippen LogP contribution in [-0.2, 0) is 10.2 Å². The highest BCUT2D eigenvalue weighted by atomic mass is 19.1. The van der Waals surface area contributed by atoms with Crippen LogP contribution in [0.4, 0.5) is 10.1 Å². The lowest BCUT2D eigenvalue weighted by atomic mass is 9.81. The number of likely N-dealkylation sites (tertiary alicyclic amines) is 1. The van der Waals surface area contributed by atoms with E-state index in [-0.39, 0.29) is 17.4 Å². The van der Waals surface area contributed by atoms with Gasteiger partial charge in [-0.3, -0.25) is 9.59 Å². The fourth-order valence-electron chi connectivity index (χ4n) is 3.90. The number of para-hydroxylation sites is 1. The number of fused-ring (bicyclic) bond motifs is 2. The standard InChI is InChI=1S/C19H17FN2O2/c1-21-16-9-5-3-7-14(16)19(18(21)24)10-11-22(12-19)17(23)13-6-2-4-8-15(13)20/h2-9H,10-12H2,1H3/t19-/m1/s1. The molecule has 2 amide bonds. The van der Waals surface area contributed by atoms with Crippen LogP contribution in [-0.4, -0.2) is 36.9 Å². The Labute approximate surface area is 139 Å². The molecule has 1 atom stereocenters. The fraction of sp³-hybridized carbons (Fsp3) is 0.263. The summed E-state index contributed by atoms with van der Waals surface area (Å²) in [6, 6.07) is 13.7. The van der Waals surface area contributed by atoms with Crippen LogP contribution in [0.5, 0.6) is 0 Å². The number of hydrogen-bond acceptors (Lipinski definition) is 2. The zero-order chi connectivity index (χ0) is 16.9. The molecule has 4 rings (SSSR count). The Kier molecular flexibility index (Phi) is 3.20. The van der Waals surface area contributed by atoms with Crippen LogP contribution < -0.4 is 4.90 Å². The van der Waals surface area contributed by atoms with Gasteiger partial charge < -0.3 is 9.80 Å². The van der Waals surface area contributed by atoms with E-state index in [9.17, 15) is 14.0 Å². The molecule has 1 saturated heterocycles. The first-order valence-corrected chi connectivity index (χ1v) is 7.96. The fourth-order valence-corrected chi connectivity index (χ4v) is 3.90. The number of carbonyl (C=O) groups excluding carboxylic acids is 2. The molecule has 2 aliphatic heterocycles. The number of amides is 2. The lowest BCUT2D eigenvalue weighted by Crippen LogP contribution is -2.42. The first-order chi connectivity index (χ1) is 11.5. The monoisotopic (exact) mass is 324 g/mol. The van der Waals surface area contributed by atoms with E-state index in [1.807, 2.05) is 24.3 Å². The average Bonchev–Trinajstić information content (AvgIpc) is 3.14. The van der Waals surface area contributed by atoms with Gasteiger partial charge in [0.1, 0.15) is 5.82 Å². The zero-order valence-electron chi connectivity index (χ0n) is 13.3. The molecule has 2 heterocycles. The van der Waals surface area contributed by atoms with Gasteiger partial charge in [-0.15, -0.1) is 0 Å². The number of benzene rings is 2. The molecular formula is C19H17FN2O2. The van der Waals surface area contributed by atoms with Crippen molar-refractivity contribution >= 4 is 17.5 Å². The summed E-state index contributed by atoms with van der Waals surface area (Å²) in [6.45, 7) is 0.738. The molecule has 0 aliphatic carbocycles. The van der Waals surface area contributed by atoms with E-state index in [4.69, 9.17) is 0 Å². The molecule has 1 spiro atoms. The van der Waals surface area contributed by atoms with E-state index < -0.39 is 11.2 Å². The van der Waals surface area contributed by atoms with E-state index in [0.717, 1.165) is 11.3 Å². The molecule has 1 fully saturated rings. The summed E-state index contributed by atoms with van der Waals surface area (Å²) in [5.41, 5.74) is 1.21. The molecule has 24 heavy (non-hydrogen) atoms. The molecule has 0 bridgehead atoms. The summed E-state index contributed by atoms with van der Waals surface area (Å²) >= 11 is 0. The number of hydrogen-bond donors (Lipinski definition) is 0. The Morgan fingerprint density at radius 2 is 1.83 bits per heavy atom. The second-order valence-corrected chi connectivity index (χ2v) is 6.42. The van der Waals surface area contributed by atoms with Crippen LogP contribution in [0.2, 0.25) is 0 Å². The van der Waals surface area contributed by atoms with Gasteiger partial charge in [0.25, 0.3) is 5.91 Å².